The van der Waals surface area contributed by atoms with Crippen LogP contribution in [0.2, 0.25) is 0 Å². The van der Waals surface area contributed by atoms with Crippen molar-refractivity contribution in [3.63, 3.8) is 0 Å². The van der Waals surface area contributed by atoms with Gasteiger partial charge in [0.1, 0.15) is 5.75 Å². The average Bonchev–Trinajstić information content (AvgIpc) is 2.99. The third-order valence-electron chi connectivity index (χ3n) is 6.83. The quantitative estimate of drug-likeness (QED) is 0.332. The van der Waals surface area contributed by atoms with E-state index in [2.05, 4.69) is 20.4 Å². The fraction of sp³-hybridized carbons (Fsp3) is 0.333. The predicted octanol–water partition coefficient (Wildman–Crippen LogP) is 5.06. The van der Waals surface area contributed by atoms with Crippen LogP contribution in [0.25, 0.3) is 0 Å². The van der Waals surface area contributed by atoms with Crippen LogP contribution in [0.1, 0.15) is 32.7 Å². The van der Waals surface area contributed by atoms with Gasteiger partial charge in [0, 0.05) is 63.4 Å². The number of hydrogen-bond acceptors (Lipinski definition) is 6. The number of amides is 2. The maximum absolute atomic E-state index is 13.3. The van der Waals surface area contributed by atoms with Crippen LogP contribution in [0.4, 0.5) is 30.2 Å². The molecule has 41 heavy (non-hydrogen) atoms. The Bertz CT molecular complexity index is 1340. The molecular formula is C30H33F3N4O4. The number of hydrogen-bond donors (Lipinski definition) is 2. The predicted molar refractivity (Wildman–Crippen MR) is 152 cm³/mol. The van der Waals surface area contributed by atoms with Crippen LogP contribution in [0.3, 0.4) is 0 Å². The van der Waals surface area contributed by atoms with Crippen LogP contribution in [0.5, 0.6) is 5.75 Å². The van der Waals surface area contributed by atoms with Gasteiger partial charge in [0.2, 0.25) is 0 Å². The molecule has 218 valence electrons. The van der Waals surface area contributed by atoms with Crippen molar-refractivity contribution >= 4 is 28.9 Å². The first-order valence-corrected chi connectivity index (χ1v) is 13.2. The zero-order valence-electron chi connectivity index (χ0n) is 23.0. The molecule has 0 radical (unpaired) electrons. The molecule has 3 aromatic rings. The Hall–Kier alpha value is -4.25. The molecule has 1 saturated heterocycles. The lowest BCUT2D eigenvalue weighted by Crippen LogP contribution is -2.47. The average molecular weight is 571 g/mol. The Balaban J connectivity index is 1.52. The van der Waals surface area contributed by atoms with Crippen molar-refractivity contribution in [1.82, 2.24) is 5.32 Å². The van der Waals surface area contributed by atoms with E-state index in [0.29, 0.717) is 57.0 Å². The number of carbonyl (C=O) groups is 2. The van der Waals surface area contributed by atoms with E-state index in [4.69, 9.17) is 9.47 Å². The van der Waals surface area contributed by atoms with Crippen molar-refractivity contribution in [2.45, 2.75) is 12.6 Å². The van der Waals surface area contributed by atoms with Gasteiger partial charge in [-0.25, -0.2) is 0 Å². The van der Waals surface area contributed by atoms with Gasteiger partial charge in [-0.2, -0.15) is 13.2 Å². The van der Waals surface area contributed by atoms with Crippen LogP contribution < -0.4 is 25.2 Å². The molecule has 0 aliphatic carbocycles. The maximum atomic E-state index is 13.3. The van der Waals surface area contributed by atoms with Gasteiger partial charge in [-0.15, -0.1) is 0 Å². The molecule has 1 aliphatic rings. The molecule has 3 aromatic carbocycles. The molecule has 8 nitrogen and oxygen atoms in total. The van der Waals surface area contributed by atoms with Crippen LogP contribution in [0, 0.1) is 0 Å². The smallest absolute Gasteiger partial charge is 0.416 e. The summed E-state index contributed by atoms with van der Waals surface area (Å²) < 4.78 is 49.3. The van der Waals surface area contributed by atoms with Crippen LogP contribution in [-0.2, 0) is 10.9 Å². The highest BCUT2D eigenvalue weighted by Crippen LogP contribution is 2.32. The lowest BCUT2D eigenvalue weighted by Gasteiger charge is -2.38. The molecule has 2 amide bonds. The van der Waals surface area contributed by atoms with Gasteiger partial charge in [0.25, 0.3) is 11.8 Å². The molecule has 0 saturated carbocycles. The van der Waals surface area contributed by atoms with Gasteiger partial charge in [-0.3, -0.25) is 9.59 Å². The highest BCUT2D eigenvalue weighted by molar-refractivity contribution is 6.06. The Morgan fingerprint density at radius 1 is 0.854 bits per heavy atom. The number of methoxy groups -OCH3 is 2. The summed E-state index contributed by atoms with van der Waals surface area (Å²) in [7, 11) is 3.23. The molecule has 1 aliphatic heterocycles. The molecule has 0 aromatic heterocycles. The largest absolute Gasteiger partial charge is 0.495 e. The standard InChI is InChI=1S/C30H33F3N4O4/c1-40-19-5-14-34-29(39)24-20-23(35-28(38)21-8-10-22(11-9-21)30(31,32)33)12-13-25(24)36-15-17-37(18-16-36)26-6-3-4-7-27(26)41-2/h3-4,6-13,20H,5,14-19H2,1-2H3,(H,34,39)(H,35,38). The second kappa shape index (κ2) is 13.4. The number of alkyl halides is 3. The minimum atomic E-state index is -4.49. The summed E-state index contributed by atoms with van der Waals surface area (Å²) in [5.74, 6) is -0.0811. The van der Waals surface area contributed by atoms with Crippen molar-refractivity contribution < 1.29 is 32.2 Å². The van der Waals surface area contributed by atoms with Crippen molar-refractivity contribution in [3.05, 3.63) is 83.4 Å². The summed E-state index contributed by atoms with van der Waals surface area (Å²) in [5, 5.41) is 5.60. The van der Waals surface area contributed by atoms with E-state index in [1.54, 1.807) is 32.4 Å². The lowest BCUT2D eigenvalue weighted by atomic mass is 10.1. The minimum Gasteiger partial charge on any atom is -0.495 e. The summed E-state index contributed by atoms with van der Waals surface area (Å²) in [6, 6.07) is 16.9. The van der Waals surface area contributed by atoms with Crippen LogP contribution in [-0.4, -0.2) is 65.4 Å². The molecule has 0 bridgehead atoms. The van der Waals surface area contributed by atoms with Crippen molar-refractivity contribution in [1.29, 1.82) is 0 Å². The molecule has 0 unspecified atom stereocenters. The summed E-state index contributed by atoms with van der Waals surface area (Å²) in [6.07, 6.45) is -3.85. The van der Waals surface area contributed by atoms with E-state index in [0.717, 1.165) is 41.4 Å². The number of benzene rings is 3. The lowest BCUT2D eigenvalue weighted by molar-refractivity contribution is -0.137. The third-order valence-corrected chi connectivity index (χ3v) is 6.83. The molecule has 1 heterocycles. The Morgan fingerprint density at radius 3 is 2.15 bits per heavy atom. The monoisotopic (exact) mass is 570 g/mol. The van der Waals surface area contributed by atoms with E-state index in [-0.39, 0.29) is 11.5 Å². The Labute approximate surface area is 237 Å². The minimum absolute atomic E-state index is 0.0695. The maximum Gasteiger partial charge on any atom is 0.416 e. The van der Waals surface area contributed by atoms with Crippen LogP contribution >= 0.6 is 0 Å². The second-order valence-corrected chi connectivity index (χ2v) is 9.51. The van der Waals surface area contributed by atoms with E-state index in [1.165, 1.54) is 0 Å². The first-order valence-electron chi connectivity index (χ1n) is 13.2. The van der Waals surface area contributed by atoms with E-state index >= 15 is 0 Å². The molecule has 2 N–H and O–H groups in total. The normalized spacial score (nSPS) is 13.6. The fourth-order valence-electron chi connectivity index (χ4n) is 4.68. The number of rotatable bonds is 10. The summed E-state index contributed by atoms with van der Waals surface area (Å²) >= 11 is 0. The second-order valence-electron chi connectivity index (χ2n) is 9.51. The molecule has 11 heteroatoms. The van der Waals surface area contributed by atoms with E-state index in [9.17, 15) is 22.8 Å². The first-order chi connectivity index (χ1) is 19.7. The third kappa shape index (κ3) is 7.49. The van der Waals surface area contributed by atoms with Crippen molar-refractivity contribution in [2.75, 3.05) is 68.7 Å². The van der Waals surface area contributed by atoms with Gasteiger partial charge < -0.3 is 29.9 Å². The summed E-state index contributed by atoms with van der Waals surface area (Å²) in [6.45, 7) is 3.64. The Kier molecular flexibility index (Phi) is 9.72. The topological polar surface area (TPSA) is 83.1 Å². The van der Waals surface area contributed by atoms with Gasteiger partial charge in [0.15, 0.2) is 0 Å². The molecule has 0 atom stereocenters. The van der Waals surface area contributed by atoms with E-state index in [1.807, 2.05) is 24.3 Å². The highest BCUT2D eigenvalue weighted by Gasteiger charge is 2.30. The SMILES string of the molecule is COCCCNC(=O)c1cc(NC(=O)c2ccc(C(F)(F)F)cc2)ccc1N1CCN(c2ccccc2OC)CC1. The zero-order chi connectivity index (χ0) is 29.4. The number of anilines is 3. The number of halogens is 3. The van der Waals surface area contributed by atoms with E-state index < -0.39 is 17.6 Å². The molecule has 4 rings (SSSR count). The highest BCUT2D eigenvalue weighted by atomic mass is 19.4. The summed E-state index contributed by atoms with van der Waals surface area (Å²) in [5.41, 5.74) is 1.71. The first kappa shape index (κ1) is 29.7. The number of nitrogens with one attached hydrogen (secondary N) is 2. The van der Waals surface area contributed by atoms with Gasteiger partial charge >= 0.3 is 6.18 Å². The van der Waals surface area contributed by atoms with Crippen molar-refractivity contribution in [3.8, 4) is 5.75 Å². The number of carbonyl (C=O) groups excluding carboxylic acids is 2. The number of ether oxygens (including phenoxy) is 2. The number of nitrogens with zero attached hydrogens (tertiary/aromatic N) is 2. The number of para-hydroxylation sites is 2. The fourth-order valence-corrected chi connectivity index (χ4v) is 4.68. The molecule has 1 fully saturated rings. The van der Waals surface area contributed by atoms with Crippen LogP contribution in [0.15, 0.2) is 66.7 Å². The van der Waals surface area contributed by atoms with Gasteiger partial charge in [0.05, 0.1) is 23.9 Å². The number of piperazine rings is 1. The summed E-state index contributed by atoms with van der Waals surface area (Å²) in [4.78, 5) is 30.4. The van der Waals surface area contributed by atoms with Crippen molar-refractivity contribution in [2.24, 2.45) is 0 Å². The van der Waals surface area contributed by atoms with Gasteiger partial charge in [-0.1, -0.05) is 12.1 Å². The molecule has 0 spiro atoms. The zero-order valence-corrected chi connectivity index (χ0v) is 23.0. The molecular weight excluding hydrogens is 537 g/mol. The van der Waals surface area contributed by atoms with Gasteiger partial charge in [-0.05, 0) is 61.0 Å². The Morgan fingerprint density at radius 2 is 1.51 bits per heavy atom.